The number of hydrogen-bond acceptors (Lipinski definition) is 4. The van der Waals surface area contributed by atoms with E-state index in [0.29, 0.717) is 0 Å². The first-order valence-electron chi connectivity index (χ1n) is 7.18. The van der Waals surface area contributed by atoms with E-state index in [0.717, 1.165) is 32.2 Å². The Morgan fingerprint density at radius 1 is 1.11 bits per heavy atom. The maximum atomic E-state index is 11.5. The molecule has 1 amide bonds. The van der Waals surface area contributed by atoms with Crippen LogP contribution in [0.3, 0.4) is 0 Å². The molecule has 2 aliphatic rings. The van der Waals surface area contributed by atoms with E-state index >= 15 is 0 Å². The third kappa shape index (κ3) is 3.22. The van der Waals surface area contributed by atoms with Crippen molar-refractivity contribution in [3.8, 4) is 0 Å². The molecule has 0 atom stereocenters. The molecule has 0 aromatic heterocycles. The average molecular weight is 254 g/mol. The lowest BCUT2D eigenvalue weighted by molar-refractivity contribution is -0.131. The number of carbonyl (C=O) groups is 1. The number of rotatable bonds is 3. The van der Waals surface area contributed by atoms with E-state index in [1.807, 2.05) is 4.90 Å². The lowest BCUT2D eigenvalue weighted by atomic mass is 10.0. The standard InChI is InChI=1S/C13H26N4O/c1-2-15-5-3-12(4-6-15)16-7-9-17(10-8-16)13(18)11-14/h12H,2-11,14H2,1H3. The minimum atomic E-state index is 0.0930. The molecule has 18 heavy (non-hydrogen) atoms. The van der Waals surface area contributed by atoms with Gasteiger partial charge in [-0.3, -0.25) is 9.69 Å². The predicted octanol–water partition coefficient (Wildman–Crippen LogP) is -0.426. The summed E-state index contributed by atoms with van der Waals surface area (Å²) in [5.74, 6) is 0.0930. The van der Waals surface area contributed by atoms with Crippen LogP contribution in [-0.4, -0.2) is 79.0 Å². The third-order valence-electron chi connectivity index (χ3n) is 4.36. The number of hydrogen-bond donors (Lipinski definition) is 1. The Bertz CT molecular complexity index is 268. The first-order valence-corrected chi connectivity index (χ1v) is 7.18. The summed E-state index contributed by atoms with van der Waals surface area (Å²) in [5, 5.41) is 0. The van der Waals surface area contributed by atoms with Crippen molar-refractivity contribution in [2.75, 3.05) is 52.4 Å². The fraction of sp³-hybridized carbons (Fsp3) is 0.923. The summed E-state index contributed by atoms with van der Waals surface area (Å²) in [6.45, 7) is 9.74. The zero-order valence-electron chi connectivity index (χ0n) is 11.5. The Labute approximate surface area is 110 Å². The summed E-state index contributed by atoms with van der Waals surface area (Å²) in [6.07, 6.45) is 2.55. The van der Waals surface area contributed by atoms with Gasteiger partial charge in [0.05, 0.1) is 6.54 Å². The van der Waals surface area contributed by atoms with Gasteiger partial charge in [-0.2, -0.15) is 0 Å². The molecule has 104 valence electrons. The number of piperazine rings is 1. The smallest absolute Gasteiger partial charge is 0.236 e. The van der Waals surface area contributed by atoms with Gasteiger partial charge in [-0.1, -0.05) is 6.92 Å². The molecule has 5 nitrogen and oxygen atoms in total. The molecule has 0 aromatic rings. The van der Waals surface area contributed by atoms with Crippen LogP contribution in [0.2, 0.25) is 0 Å². The molecule has 0 aliphatic carbocycles. The molecule has 0 bridgehead atoms. The topological polar surface area (TPSA) is 52.8 Å². The Morgan fingerprint density at radius 3 is 2.22 bits per heavy atom. The van der Waals surface area contributed by atoms with Crippen molar-refractivity contribution in [3.05, 3.63) is 0 Å². The van der Waals surface area contributed by atoms with E-state index in [1.165, 1.54) is 32.5 Å². The highest BCUT2D eigenvalue weighted by Crippen LogP contribution is 2.18. The predicted molar refractivity (Wildman–Crippen MR) is 72.3 cm³/mol. The number of amides is 1. The number of nitrogens with zero attached hydrogens (tertiary/aromatic N) is 3. The molecule has 0 radical (unpaired) electrons. The summed E-state index contributed by atoms with van der Waals surface area (Å²) in [4.78, 5) is 18.5. The Balaban J connectivity index is 1.75. The molecule has 0 aromatic carbocycles. The van der Waals surface area contributed by atoms with E-state index in [9.17, 15) is 4.79 Å². The molecular formula is C13H26N4O. The van der Waals surface area contributed by atoms with Crippen LogP contribution >= 0.6 is 0 Å². The molecule has 0 saturated carbocycles. The van der Waals surface area contributed by atoms with Gasteiger partial charge >= 0.3 is 0 Å². The fourth-order valence-electron chi connectivity index (χ4n) is 3.07. The summed E-state index contributed by atoms with van der Waals surface area (Å²) in [6, 6.07) is 0.725. The SMILES string of the molecule is CCN1CCC(N2CCN(C(=O)CN)CC2)CC1. The molecule has 0 spiro atoms. The first kappa shape index (κ1) is 13.8. The quantitative estimate of drug-likeness (QED) is 0.743. The van der Waals surface area contributed by atoms with Crippen LogP contribution in [0.5, 0.6) is 0 Å². The van der Waals surface area contributed by atoms with Crippen molar-refractivity contribution in [2.24, 2.45) is 5.73 Å². The van der Waals surface area contributed by atoms with Crippen molar-refractivity contribution in [1.29, 1.82) is 0 Å². The van der Waals surface area contributed by atoms with Crippen molar-refractivity contribution < 1.29 is 4.79 Å². The normalized spacial score (nSPS) is 24.4. The first-order chi connectivity index (χ1) is 8.74. The minimum Gasteiger partial charge on any atom is -0.339 e. The van der Waals surface area contributed by atoms with E-state index in [2.05, 4.69) is 16.7 Å². The Morgan fingerprint density at radius 2 is 1.72 bits per heavy atom. The van der Waals surface area contributed by atoms with Gasteiger partial charge in [0, 0.05) is 32.2 Å². The summed E-state index contributed by atoms with van der Waals surface area (Å²) in [7, 11) is 0. The maximum Gasteiger partial charge on any atom is 0.236 e. The minimum absolute atomic E-state index is 0.0930. The van der Waals surface area contributed by atoms with Gasteiger partial charge in [-0.15, -0.1) is 0 Å². The van der Waals surface area contributed by atoms with Crippen molar-refractivity contribution in [1.82, 2.24) is 14.7 Å². The fourth-order valence-corrected chi connectivity index (χ4v) is 3.07. The lowest BCUT2D eigenvalue weighted by Crippen LogP contribution is -2.55. The summed E-state index contributed by atoms with van der Waals surface area (Å²) in [5.41, 5.74) is 5.40. The average Bonchev–Trinajstić information content (AvgIpc) is 2.47. The molecule has 5 heteroatoms. The largest absolute Gasteiger partial charge is 0.339 e. The number of carbonyl (C=O) groups excluding carboxylic acids is 1. The van der Waals surface area contributed by atoms with Gasteiger partial charge < -0.3 is 15.5 Å². The zero-order chi connectivity index (χ0) is 13.0. The molecule has 2 saturated heterocycles. The second kappa shape index (κ2) is 6.50. The second-order valence-electron chi connectivity index (χ2n) is 5.29. The van der Waals surface area contributed by atoms with Gasteiger partial charge in [0.25, 0.3) is 0 Å². The monoisotopic (exact) mass is 254 g/mol. The number of likely N-dealkylation sites (tertiary alicyclic amines) is 1. The van der Waals surface area contributed by atoms with Crippen molar-refractivity contribution in [3.63, 3.8) is 0 Å². The van der Waals surface area contributed by atoms with Crippen LogP contribution in [0.25, 0.3) is 0 Å². The molecule has 0 unspecified atom stereocenters. The number of piperidine rings is 1. The zero-order valence-corrected chi connectivity index (χ0v) is 11.5. The van der Waals surface area contributed by atoms with E-state index in [1.54, 1.807) is 0 Å². The van der Waals surface area contributed by atoms with Crippen LogP contribution in [0.1, 0.15) is 19.8 Å². The Hall–Kier alpha value is -0.650. The van der Waals surface area contributed by atoms with Crippen LogP contribution in [-0.2, 0) is 4.79 Å². The van der Waals surface area contributed by atoms with Crippen LogP contribution < -0.4 is 5.73 Å². The van der Waals surface area contributed by atoms with Gasteiger partial charge in [-0.05, 0) is 32.5 Å². The van der Waals surface area contributed by atoms with Gasteiger partial charge in [-0.25, -0.2) is 0 Å². The van der Waals surface area contributed by atoms with E-state index in [4.69, 9.17) is 5.73 Å². The molecule has 2 rings (SSSR count). The van der Waals surface area contributed by atoms with Crippen LogP contribution in [0, 0.1) is 0 Å². The van der Waals surface area contributed by atoms with Crippen LogP contribution in [0.15, 0.2) is 0 Å². The molecule has 2 N–H and O–H groups in total. The van der Waals surface area contributed by atoms with Gasteiger partial charge in [0.1, 0.15) is 0 Å². The van der Waals surface area contributed by atoms with Gasteiger partial charge in [0.2, 0.25) is 5.91 Å². The lowest BCUT2D eigenvalue weighted by Gasteiger charge is -2.42. The summed E-state index contributed by atoms with van der Waals surface area (Å²) >= 11 is 0. The third-order valence-corrected chi connectivity index (χ3v) is 4.36. The maximum absolute atomic E-state index is 11.5. The van der Waals surface area contributed by atoms with E-state index in [-0.39, 0.29) is 12.5 Å². The van der Waals surface area contributed by atoms with Crippen molar-refractivity contribution >= 4 is 5.91 Å². The molecular weight excluding hydrogens is 228 g/mol. The van der Waals surface area contributed by atoms with Crippen molar-refractivity contribution in [2.45, 2.75) is 25.8 Å². The van der Waals surface area contributed by atoms with Crippen LogP contribution in [0.4, 0.5) is 0 Å². The summed E-state index contributed by atoms with van der Waals surface area (Å²) < 4.78 is 0. The molecule has 2 fully saturated rings. The molecule has 2 heterocycles. The van der Waals surface area contributed by atoms with Gasteiger partial charge in [0.15, 0.2) is 0 Å². The number of nitrogens with two attached hydrogens (primary N) is 1. The Kier molecular flexibility index (Phi) is 4.97. The highest BCUT2D eigenvalue weighted by molar-refractivity contribution is 5.78. The van der Waals surface area contributed by atoms with E-state index < -0.39 is 0 Å². The highest BCUT2D eigenvalue weighted by atomic mass is 16.2. The highest BCUT2D eigenvalue weighted by Gasteiger charge is 2.27. The second-order valence-corrected chi connectivity index (χ2v) is 5.29. The molecule has 2 aliphatic heterocycles.